The van der Waals surface area contributed by atoms with Crippen LogP contribution in [0.4, 0.5) is 14.9 Å². The van der Waals surface area contributed by atoms with Gasteiger partial charge >= 0.3 is 6.03 Å². The van der Waals surface area contributed by atoms with Crippen molar-refractivity contribution in [3.8, 4) is 11.3 Å². The Hall–Kier alpha value is -3.16. The molecule has 0 unspecified atom stereocenters. The topological polar surface area (TPSA) is 68.0 Å². The molecule has 3 aromatic rings. The first kappa shape index (κ1) is 17.9. The smallest absolute Gasteiger partial charge is 0.321 e. The number of benzene rings is 1. The van der Waals surface area contributed by atoms with E-state index in [-0.39, 0.29) is 17.3 Å². The van der Waals surface area contributed by atoms with Crippen LogP contribution in [0.1, 0.15) is 25.1 Å². The summed E-state index contributed by atoms with van der Waals surface area (Å²) in [5.74, 6) is 0.820. The highest BCUT2D eigenvalue weighted by atomic mass is 19.1. The zero-order valence-electron chi connectivity index (χ0n) is 16.3. The number of aryl methyl sites for hydroxylation is 1. The summed E-state index contributed by atoms with van der Waals surface area (Å²) in [4.78, 5) is 19.2. The van der Waals surface area contributed by atoms with Gasteiger partial charge in [0.25, 0.3) is 0 Å². The van der Waals surface area contributed by atoms with Crippen LogP contribution in [0.5, 0.6) is 0 Å². The minimum atomic E-state index is -0.315. The van der Waals surface area contributed by atoms with Crippen LogP contribution in [0.25, 0.3) is 11.3 Å². The van der Waals surface area contributed by atoms with Gasteiger partial charge in [0.1, 0.15) is 11.6 Å². The zero-order valence-corrected chi connectivity index (χ0v) is 16.3. The standard InChI is InChI=1S/C21H23FN6O/c1-26-14-15(12-24-26)18-13-23-19-21(8-11-28(18)19)6-9-27(10-7-21)20(29)25-17-4-2-16(22)3-5-17/h2-5,12-14H,6-11H2,1H3,(H,25,29). The number of fused-ring (bicyclic) bond motifs is 2. The van der Waals surface area contributed by atoms with Gasteiger partial charge in [-0.25, -0.2) is 14.2 Å². The van der Waals surface area contributed by atoms with Crippen LogP contribution in [-0.2, 0) is 19.0 Å². The number of anilines is 1. The molecule has 5 rings (SSSR count). The molecule has 1 aromatic carbocycles. The second kappa shape index (κ2) is 6.72. The van der Waals surface area contributed by atoms with E-state index in [0.717, 1.165) is 42.9 Å². The molecule has 0 aliphatic carbocycles. The molecule has 150 valence electrons. The van der Waals surface area contributed by atoms with Crippen molar-refractivity contribution in [2.75, 3.05) is 18.4 Å². The van der Waals surface area contributed by atoms with Crippen LogP contribution in [0.2, 0.25) is 0 Å². The number of halogens is 1. The summed E-state index contributed by atoms with van der Waals surface area (Å²) >= 11 is 0. The molecule has 1 saturated heterocycles. The number of imidazole rings is 1. The van der Waals surface area contributed by atoms with Crippen molar-refractivity contribution in [3.63, 3.8) is 0 Å². The Labute approximate surface area is 168 Å². The lowest BCUT2D eigenvalue weighted by atomic mass is 9.77. The van der Waals surface area contributed by atoms with Crippen LogP contribution < -0.4 is 5.32 Å². The fourth-order valence-electron chi connectivity index (χ4n) is 4.59. The van der Waals surface area contributed by atoms with E-state index in [0.29, 0.717) is 18.8 Å². The molecule has 8 heteroatoms. The molecule has 1 fully saturated rings. The highest BCUT2D eigenvalue weighted by Crippen LogP contribution is 2.44. The van der Waals surface area contributed by atoms with E-state index < -0.39 is 0 Å². The van der Waals surface area contributed by atoms with Crippen LogP contribution in [-0.4, -0.2) is 43.4 Å². The lowest BCUT2D eigenvalue weighted by Gasteiger charge is -2.38. The van der Waals surface area contributed by atoms with Crippen LogP contribution in [0, 0.1) is 5.82 Å². The Bertz CT molecular complexity index is 1050. The van der Waals surface area contributed by atoms with Crippen LogP contribution >= 0.6 is 0 Å². The van der Waals surface area contributed by atoms with E-state index >= 15 is 0 Å². The van der Waals surface area contributed by atoms with Gasteiger partial charge in [0.2, 0.25) is 0 Å². The first-order chi connectivity index (χ1) is 14.0. The fraction of sp³-hybridized carbons (Fsp3) is 0.381. The molecule has 2 amide bonds. The predicted octanol–water partition coefficient (Wildman–Crippen LogP) is 3.39. The van der Waals surface area contributed by atoms with E-state index in [1.165, 1.54) is 12.1 Å². The number of urea groups is 1. The van der Waals surface area contributed by atoms with E-state index in [4.69, 9.17) is 4.98 Å². The van der Waals surface area contributed by atoms with Crippen molar-refractivity contribution < 1.29 is 9.18 Å². The van der Waals surface area contributed by atoms with Gasteiger partial charge in [-0.1, -0.05) is 0 Å². The van der Waals surface area contributed by atoms with Gasteiger partial charge in [0.05, 0.1) is 18.1 Å². The van der Waals surface area contributed by atoms with Gasteiger partial charge in [-0.05, 0) is 43.5 Å². The first-order valence-electron chi connectivity index (χ1n) is 9.91. The Morgan fingerprint density at radius 1 is 1.10 bits per heavy atom. The molecule has 2 aromatic heterocycles. The highest BCUT2D eigenvalue weighted by molar-refractivity contribution is 5.89. The molecule has 0 bridgehead atoms. The molecule has 0 radical (unpaired) electrons. The van der Waals surface area contributed by atoms with Crippen molar-refractivity contribution in [1.82, 2.24) is 24.2 Å². The molecule has 2 aliphatic rings. The number of rotatable bonds is 2. The maximum absolute atomic E-state index is 13.0. The van der Waals surface area contributed by atoms with Crippen molar-refractivity contribution in [1.29, 1.82) is 0 Å². The Balaban J connectivity index is 1.28. The molecule has 29 heavy (non-hydrogen) atoms. The Morgan fingerprint density at radius 2 is 1.83 bits per heavy atom. The number of piperidine rings is 1. The number of carbonyl (C=O) groups is 1. The zero-order chi connectivity index (χ0) is 20.0. The summed E-state index contributed by atoms with van der Waals surface area (Å²) in [6.07, 6.45) is 8.67. The largest absolute Gasteiger partial charge is 0.327 e. The van der Waals surface area contributed by atoms with E-state index in [9.17, 15) is 9.18 Å². The third-order valence-electron chi connectivity index (χ3n) is 6.25. The average molecular weight is 394 g/mol. The second-order valence-corrected chi connectivity index (χ2v) is 7.98. The number of hydrogen-bond donors (Lipinski definition) is 1. The number of amides is 2. The normalized spacial score (nSPS) is 17.5. The summed E-state index contributed by atoms with van der Waals surface area (Å²) in [6, 6.07) is 5.71. The van der Waals surface area contributed by atoms with Gasteiger partial charge in [-0.2, -0.15) is 5.10 Å². The van der Waals surface area contributed by atoms with Crippen LogP contribution in [0.15, 0.2) is 42.9 Å². The number of aromatic nitrogens is 4. The molecule has 4 heterocycles. The minimum Gasteiger partial charge on any atom is -0.327 e. The first-order valence-corrected chi connectivity index (χ1v) is 9.91. The summed E-state index contributed by atoms with van der Waals surface area (Å²) in [7, 11) is 1.92. The maximum atomic E-state index is 13.0. The molecule has 0 atom stereocenters. The maximum Gasteiger partial charge on any atom is 0.321 e. The van der Waals surface area contributed by atoms with Crippen molar-refractivity contribution in [2.24, 2.45) is 7.05 Å². The van der Waals surface area contributed by atoms with Gasteiger partial charge in [0.15, 0.2) is 0 Å². The third kappa shape index (κ3) is 3.08. The lowest BCUT2D eigenvalue weighted by molar-refractivity contribution is 0.166. The number of nitrogens with zero attached hydrogens (tertiary/aromatic N) is 5. The molecule has 2 aliphatic heterocycles. The predicted molar refractivity (Wildman–Crippen MR) is 107 cm³/mol. The number of likely N-dealkylation sites (tertiary alicyclic amines) is 1. The Morgan fingerprint density at radius 3 is 2.52 bits per heavy atom. The number of nitrogens with one attached hydrogen (secondary N) is 1. The van der Waals surface area contributed by atoms with Gasteiger partial charge in [-0.3, -0.25) is 4.68 Å². The molecule has 0 saturated carbocycles. The summed E-state index contributed by atoms with van der Waals surface area (Å²) in [5.41, 5.74) is 2.84. The highest BCUT2D eigenvalue weighted by Gasteiger charge is 2.44. The van der Waals surface area contributed by atoms with E-state index in [1.807, 2.05) is 30.5 Å². The van der Waals surface area contributed by atoms with Gasteiger partial charge < -0.3 is 14.8 Å². The molecular weight excluding hydrogens is 371 g/mol. The molecule has 1 N–H and O–H groups in total. The molecule has 7 nitrogen and oxygen atoms in total. The van der Waals surface area contributed by atoms with Crippen molar-refractivity contribution in [2.45, 2.75) is 31.2 Å². The quantitative estimate of drug-likeness (QED) is 0.724. The Kier molecular flexibility index (Phi) is 4.15. The van der Waals surface area contributed by atoms with E-state index in [2.05, 4.69) is 15.0 Å². The summed E-state index contributed by atoms with van der Waals surface area (Å²) < 4.78 is 17.2. The molecule has 1 spiro atoms. The van der Waals surface area contributed by atoms with Gasteiger partial charge in [-0.15, -0.1) is 0 Å². The fourth-order valence-corrected chi connectivity index (χ4v) is 4.59. The SMILES string of the molecule is Cn1cc(-c2cnc3n2CCC32CCN(C(=O)Nc3ccc(F)cc3)CC2)cn1. The summed E-state index contributed by atoms with van der Waals surface area (Å²) in [5, 5.41) is 7.13. The molecular formula is C21H23FN6O. The van der Waals surface area contributed by atoms with Crippen molar-refractivity contribution in [3.05, 3.63) is 54.5 Å². The lowest BCUT2D eigenvalue weighted by Crippen LogP contribution is -2.46. The van der Waals surface area contributed by atoms with Gasteiger partial charge in [0, 0.05) is 49.5 Å². The van der Waals surface area contributed by atoms with Crippen molar-refractivity contribution >= 4 is 11.7 Å². The average Bonchev–Trinajstić information content (AvgIpc) is 3.42. The second-order valence-electron chi connectivity index (χ2n) is 7.98. The van der Waals surface area contributed by atoms with Crippen LogP contribution in [0.3, 0.4) is 0 Å². The summed E-state index contributed by atoms with van der Waals surface area (Å²) in [6.45, 7) is 2.31. The number of carbonyl (C=O) groups excluding carboxylic acids is 1. The monoisotopic (exact) mass is 394 g/mol. The number of hydrogen-bond acceptors (Lipinski definition) is 3. The van der Waals surface area contributed by atoms with E-state index in [1.54, 1.807) is 16.8 Å². The third-order valence-corrected chi connectivity index (χ3v) is 6.25. The minimum absolute atomic E-state index is 0.0348.